The zero-order valence-corrected chi connectivity index (χ0v) is 15.9. The Balaban J connectivity index is 2.03. The number of hydrogen-bond acceptors (Lipinski definition) is 3. The monoisotopic (exact) mass is 359 g/mol. The SMILES string of the molecule is CCCCCNC(=O)CN1C(=O)NC(C)(c2ccc(CCC)cc2)C1=O. The number of carbonyl (C=O) groups is 3. The highest BCUT2D eigenvalue weighted by Gasteiger charge is 2.49. The highest BCUT2D eigenvalue weighted by atomic mass is 16.2. The number of nitrogens with zero attached hydrogens (tertiary/aromatic N) is 1. The van der Waals surface area contributed by atoms with Crippen molar-refractivity contribution >= 4 is 17.8 Å². The highest BCUT2D eigenvalue weighted by Crippen LogP contribution is 2.29. The second kappa shape index (κ2) is 8.83. The van der Waals surface area contributed by atoms with E-state index in [1.165, 1.54) is 5.56 Å². The van der Waals surface area contributed by atoms with Crippen LogP contribution in [0.2, 0.25) is 0 Å². The Bertz CT molecular complexity index is 657. The van der Waals surface area contributed by atoms with Gasteiger partial charge in [0.25, 0.3) is 5.91 Å². The van der Waals surface area contributed by atoms with Crippen LogP contribution in [0.15, 0.2) is 24.3 Å². The first-order valence-corrected chi connectivity index (χ1v) is 9.42. The minimum atomic E-state index is -1.13. The number of aryl methyl sites for hydroxylation is 1. The molecule has 26 heavy (non-hydrogen) atoms. The van der Waals surface area contributed by atoms with Crippen molar-refractivity contribution in [3.05, 3.63) is 35.4 Å². The Hall–Kier alpha value is -2.37. The number of urea groups is 1. The average Bonchev–Trinajstić information content (AvgIpc) is 2.84. The maximum absolute atomic E-state index is 12.8. The van der Waals surface area contributed by atoms with Crippen LogP contribution in [0.25, 0.3) is 0 Å². The fraction of sp³-hybridized carbons (Fsp3) is 0.550. The lowest BCUT2D eigenvalue weighted by atomic mass is 9.91. The van der Waals surface area contributed by atoms with Crippen molar-refractivity contribution in [1.82, 2.24) is 15.5 Å². The van der Waals surface area contributed by atoms with Gasteiger partial charge >= 0.3 is 6.03 Å². The molecule has 0 spiro atoms. The van der Waals surface area contributed by atoms with E-state index in [0.717, 1.165) is 42.6 Å². The van der Waals surface area contributed by atoms with Crippen LogP contribution in [0, 0.1) is 0 Å². The summed E-state index contributed by atoms with van der Waals surface area (Å²) in [5, 5.41) is 5.50. The summed E-state index contributed by atoms with van der Waals surface area (Å²) >= 11 is 0. The van der Waals surface area contributed by atoms with E-state index in [4.69, 9.17) is 0 Å². The normalized spacial score (nSPS) is 19.6. The molecular formula is C20H29N3O3. The number of rotatable bonds is 9. The first-order chi connectivity index (χ1) is 12.4. The van der Waals surface area contributed by atoms with Crippen LogP contribution in [0.4, 0.5) is 4.79 Å². The molecule has 1 aromatic carbocycles. The smallest absolute Gasteiger partial charge is 0.325 e. The van der Waals surface area contributed by atoms with Crippen LogP contribution >= 0.6 is 0 Å². The van der Waals surface area contributed by atoms with Crippen LogP contribution in [0.1, 0.15) is 57.6 Å². The van der Waals surface area contributed by atoms with Crippen LogP contribution < -0.4 is 10.6 Å². The van der Waals surface area contributed by atoms with Gasteiger partial charge in [0.1, 0.15) is 12.1 Å². The molecule has 0 bridgehead atoms. The summed E-state index contributed by atoms with van der Waals surface area (Å²) in [6, 6.07) is 7.17. The first kappa shape index (κ1) is 19.9. The molecule has 1 aliphatic rings. The van der Waals surface area contributed by atoms with Gasteiger partial charge in [-0.25, -0.2) is 4.79 Å². The summed E-state index contributed by atoms with van der Waals surface area (Å²) in [5.74, 6) is -0.707. The van der Waals surface area contributed by atoms with Crippen molar-refractivity contribution in [1.29, 1.82) is 0 Å². The van der Waals surface area contributed by atoms with Crippen LogP contribution in [0.3, 0.4) is 0 Å². The molecule has 1 saturated heterocycles. The molecule has 0 saturated carbocycles. The Morgan fingerprint density at radius 2 is 1.81 bits per heavy atom. The molecule has 0 radical (unpaired) electrons. The lowest BCUT2D eigenvalue weighted by Crippen LogP contribution is -2.43. The summed E-state index contributed by atoms with van der Waals surface area (Å²) < 4.78 is 0. The summed E-state index contributed by atoms with van der Waals surface area (Å²) in [5.41, 5.74) is 0.783. The summed E-state index contributed by atoms with van der Waals surface area (Å²) in [7, 11) is 0. The number of unbranched alkanes of at least 4 members (excludes halogenated alkanes) is 2. The Labute approximate surface area is 155 Å². The van der Waals surface area contributed by atoms with Gasteiger partial charge in [0.05, 0.1) is 0 Å². The first-order valence-electron chi connectivity index (χ1n) is 9.42. The number of amides is 4. The van der Waals surface area contributed by atoms with Crippen molar-refractivity contribution in [3.63, 3.8) is 0 Å². The van der Waals surface area contributed by atoms with Crippen LogP contribution in [-0.2, 0) is 21.5 Å². The predicted molar refractivity (Wildman–Crippen MR) is 101 cm³/mol. The van der Waals surface area contributed by atoms with Gasteiger partial charge in [0, 0.05) is 6.54 Å². The molecule has 1 aliphatic heterocycles. The van der Waals surface area contributed by atoms with E-state index in [1.807, 2.05) is 24.3 Å². The summed E-state index contributed by atoms with van der Waals surface area (Å²) in [6.45, 7) is 6.19. The number of carbonyl (C=O) groups excluding carboxylic acids is 3. The fourth-order valence-electron chi connectivity index (χ4n) is 3.13. The summed E-state index contributed by atoms with van der Waals surface area (Å²) in [4.78, 5) is 38.1. The standard InChI is InChI=1S/C20H29N3O3/c1-4-6-7-13-21-17(24)14-23-18(25)20(3,22-19(23)26)16-11-9-15(8-5-2)10-12-16/h9-12H,4-8,13-14H2,1-3H3,(H,21,24)(H,22,26). The van der Waals surface area contributed by atoms with Crippen molar-refractivity contribution in [2.75, 3.05) is 13.1 Å². The molecule has 4 amide bonds. The molecule has 1 unspecified atom stereocenters. The van der Waals surface area contributed by atoms with E-state index in [0.29, 0.717) is 6.54 Å². The van der Waals surface area contributed by atoms with Gasteiger partial charge in [-0.15, -0.1) is 0 Å². The van der Waals surface area contributed by atoms with Gasteiger partial charge in [0.15, 0.2) is 0 Å². The second-order valence-corrected chi connectivity index (χ2v) is 6.95. The lowest BCUT2D eigenvalue weighted by Gasteiger charge is -2.22. The molecule has 1 heterocycles. The van der Waals surface area contributed by atoms with E-state index in [1.54, 1.807) is 6.92 Å². The van der Waals surface area contributed by atoms with Crippen molar-refractivity contribution in [2.45, 2.75) is 58.4 Å². The third kappa shape index (κ3) is 4.42. The molecule has 1 aromatic rings. The largest absolute Gasteiger partial charge is 0.355 e. The molecule has 6 nitrogen and oxygen atoms in total. The number of imide groups is 1. The molecule has 142 valence electrons. The van der Waals surface area contributed by atoms with Crippen LogP contribution in [-0.4, -0.2) is 35.8 Å². The van der Waals surface area contributed by atoms with Gasteiger partial charge < -0.3 is 10.6 Å². The van der Waals surface area contributed by atoms with Gasteiger partial charge in [-0.1, -0.05) is 57.4 Å². The van der Waals surface area contributed by atoms with E-state index in [2.05, 4.69) is 24.5 Å². The summed E-state index contributed by atoms with van der Waals surface area (Å²) in [6.07, 6.45) is 5.02. The van der Waals surface area contributed by atoms with Crippen LogP contribution in [0.5, 0.6) is 0 Å². The third-order valence-electron chi connectivity index (χ3n) is 4.75. The number of benzene rings is 1. The van der Waals surface area contributed by atoms with E-state index >= 15 is 0 Å². The maximum atomic E-state index is 12.8. The highest BCUT2D eigenvalue weighted by molar-refractivity contribution is 6.09. The third-order valence-corrected chi connectivity index (χ3v) is 4.75. The Morgan fingerprint density at radius 1 is 1.12 bits per heavy atom. The fourth-order valence-corrected chi connectivity index (χ4v) is 3.13. The zero-order chi connectivity index (χ0) is 19.2. The van der Waals surface area contributed by atoms with Crippen molar-refractivity contribution in [3.8, 4) is 0 Å². The zero-order valence-electron chi connectivity index (χ0n) is 15.9. The van der Waals surface area contributed by atoms with Gasteiger partial charge in [-0.05, 0) is 30.9 Å². The molecule has 0 aliphatic carbocycles. The lowest BCUT2D eigenvalue weighted by molar-refractivity contribution is -0.134. The van der Waals surface area contributed by atoms with E-state index in [-0.39, 0.29) is 12.5 Å². The minimum Gasteiger partial charge on any atom is -0.355 e. The Morgan fingerprint density at radius 3 is 2.42 bits per heavy atom. The van der Waals surface area contributed by atoms with Crippen molar-refractivity contribution in [2.24, 2.45) is 0 Å². The van der Waals surface area contributed by atoms with E-state index in [9.17, 15) is 14.4 Å². The quantitative estimate of drug-likeness (QED) is 0.526. The molecule has 6 heteroatoms. The topological polar surface area (TPSA) is 78.5 Å². The average molecular weight is 359 g/mol. The van der Waals surface area contributed by atoms with Crippen molar-refractivity contribution < 1.29 is 14.4 Å². The number of nitrogens with one attached hydrogen (secondary N) is 2. The second-order valence-electron chi connectivity index (χ2n) is 6.95. The molecule has 1 atom stereocenters. The van der Waals surface area contributed by atoms with Gasteiger partial charge in [-0.3, -0.25) is 14.5 Å². The predicted octanol–water partition coefficient (Wildman–Crippen LogP) is 2.71. The molecule has 0 aromatic heterocycles. The van der Waals surface area contributed by atoms with Gasteiger partial charge in [0.2, 0.25) is 5.91 Å². The molecule has 2 N–H and O–H groups in total. The maximum Gasteiger partial charge on any atom is 0.325 e. The Kier molecular flexibility index (Phi) is 6.77. The molecule has 1 fully saturated rings. The molecular weight excluding hydrogens is 330 g/mol. The van der Waals surface area contributed by atoms with E-state index < -0.39 is 17.5 Å². The number of hydrogen-bond donors (Lipinski definition) is 2. The minimum absolute atomic E-state index is 0.250. The molecule has 2 rings (SSSR count). The van der Waals surface area contributed by atoms with Gasteiger partial charge in [-0.2, -0.15) is 0 Å².